The molecule has 7 heteroatoms. The third-order valence-corrected chi connectivity index (χ3v) is 4.57. The molecule has 0 saturated carbocycles. The van der Waals surface area contributed by atoms with E-state index in [9.17, 15) is 13.8 Å². The topological polar surface area (TPSA) is 102 Å². The highest BCUT2D eigenvalue weighted by atomic mass is 32.2. The Balaban J connectivity index is 1.96. The molecule has 3 N–H and O–H groups in total. The van der Waals surface area contributed by atoms with Gasteiger partial charge in [0, 0.05) is 23.0 Å². The minimum atomic E-state index is -1.25. The molecule has 23 heavy (non-hydrogen) atoms. The van der Waals surface area contributed by atoms with Crippen LogP contribution in [0.15, 0.2) is 59.8 Å². The molecule has 2 rings (SSSR count). The highest BCUT2D eigenvalue weighted by Gasteiger charge is 2.20. The van der Waals surface area contributed by atoms with Crippen molar-refractivity contribution in [3.8, 4) is 0 Å². The van der Waals surface area contributed by atoms with Crippen LogP contribution < -0.4 is 11.1 Å². The summed E-state index contributed by atoms with van der Waals surface area (Å²) >= 11 is 0. The summed E-state index contributed by atoms with van der Waals surface area (Å²) < 4.78 is 12.2. The summed E-state index contributed by atoms with van der Waals surface area (Å²) in [4.78, 5) is 28.1. The molecular formula is C16H17N3O3S. The molecule has 1 aromatic heterocycles. The molecule has 0 fully saturated rings. The molecule has 120 valence electrons. The molecule has 0 spiro atoms. The summed E-state index contributed by atoms with van der Waals surface area (Å²) in [6.45, 7) is 0. The van der Waals surface area contributed by atoms with E-state index in [1.54, 1.807) is 42.6 Å². The molecule has 0 saturated heterocycles. The van der Waals surface area contributed by atoms with Crippen LogP contribution in [-0.2, 0) is 15.6 Å². The summed E-state index contributed by atoms with van der Waals surface area (Å²) in [5.74, 6) is -0.870. The maximum absolute atomic E-state index is 12.2. The van der Waals surface area contributed by atoms with Gasteiger partial charge in [0.15, 0.2) is 0 Å². The zero-order valence-electron chi connectivity index (χ0n) is 12.3. The van der Waals surface area contributed by atoms with E-state index in [1.807, 2.05) is 6.07 Å². The molecule has 0 unspecified atom stereocenters. The van der Waals surface area contributed by atoms with E-state index in [1.165, 1.54) is 6.20 Å². The zero-order chi connectivity index (χ0) is 16.7. The van der Waals surface area contributed by atoms with Crippen LogP contribution in [0.1, 0.15) is 16.8 Å². The first kappa shape index (κ1) is 16.8. The van der Waals surface area contributed by atoms with Crippen molar-refractivity contribution >= 4 is 22.6 Å². The molecule has 2 atom stereocenters. The number of benzene rings is 1. The minimum absolute atomic E-state index is 0.197. The maximum Gasteiger partial charge on any atom is 0.253 e. The molecule has 0 bridgehead atoms. The first-order chi connectivity index (χ1) is 11.1. The van der Waals surface area contributed by atoms with Gasteiger partial charge in [-0.15, -0.1) is 0 Å². The van der Waals surface area contributed by atoms with Crippen LogP contribution in [0.3, 0.4) is 0 Å². The Morgan fingerprint density at radius 2 is 1.91 bits per heavy atom. The Bertz CT molecular complexity index is 692. The second kappa shape index (κ2) is 8.19. The largest absolute Gasteiger partial charge is 0.368 e. The monoisotopic (exact) mass is 331 g/mol. The summed E-state index contributed by atoms with van der Waals surface area (Å²) in [7, 11) is -1.25. The van der Waals surface area contributed by atoms with Crippen molar-refractivity contribution < 1.29 is 13.8 Å². The Hall–Kier alpha value is -2.54. The number of rotatable bonds is 7. The van der Waals surface area contributed by atoms with E-state index in [0.717, 1.165) is 0 Å². The van der Waals surface area contributed by atoms with Crippen LogP contribution in [0.4, 0.5) is 0 Å². The Morgan fingerprint density at radius 1 is 1.17 bits per heavy atom. The van der Waals surface area contributed by atoms with Gasteiger partial charge >= 0.3 is 0 Å². The molecular weight excluding hydrogens is 314 g/mol. The fourth-order valence-electron chi connectivity index (χ4n) is 1.94. The van der Waals surface area contributed by atoms with Gasteiger partial charge < -0.3 is 11.1 Å². The summed E-state index contributed by atoms with van der Waals surface area (Å²) in [5, 5.41) is 2.55. The lowest BCUT2D eigenvalue weighted by Crippen LogP contribution is -2.45. The first-order valence-electron chi connectivity index (χ1n) is 7.01. The Morgan fingerprint density at radius 3 is 2.52 bits per heavy atom. The molecule has 2 aromatic rings. The van der Waals surface area contributed by atoms with Gasteiger partial charge in [-0.3, -0.25) is 18.8 Å². The molecule has 6 nitrogen and oxygen atoms in total. The van der Waals surface area contributed by atoms with E-state index < -0.39 is 28.7 Å². The van der Waals surface area contributed by atoms with Gasteiger partial charge in [-0.1, -0.05) is 18.2 Å². The van der Waals surface area contributed by atoms with Gasteiger partial charge in [-0.25, -0.2) is 0 Å². The normalized spacial score (nSPS) is 13.0. The molecule has 1 heterocycles. The number of primary amides is 1. The van der Waals surface area contributed by atoms with Crippen LogP contribution in [0.2, 0.25) is 0 Å². The third kappa shape index (κ3) is 5.00. The molecule has 0 aliphatic heterocycles. The smallest absolute Gasteiger partial charge is 0.253 e. The van der Waals surface area contributed by atoms with Crippen LogP contribution in [0.5, 0.6) is 0 Å². The van der Waals surface area contributed by atoms with Crippen LogP contribution in [-0.4, -0.2) is 32.8 Å². The average Bonchev–Trinajstić information content (AvgIpc) is 2.59. The zero-order valence-corrected chi connectivity index (χ0v) is 13.2. The van der Waals surface area contributed by atoms with Crippen LogP contribution in [0.25, 0.3) is 0 Å². The van der Waals surface area contributed by atoms with Crippen molar-refractivity contribution in [1.29, 1.82) is 0 Å². The fraction of sp³-hybridized carbons (Fsp3) is 0.188. The van der Waals surface area contributed by atoms with Crippen molar-refractivity contribution in [3.63, 3.8) is 0 Å². The second-order valence-corrected chi connectivity index (χ2v) is 6.39. The number of pyridine rings is 1. The van der Waals surface area contributed by atoms with E-state index in [2.05, 4.69) is 10.3 Å². The highest BCUT2D eigenvalue weighted by Crippen LogP contribution is 2.08. The van der Waals surface area contributed by atoms with Crippen molar-refractivity contribution in [1.82, 2.24) is 10.3 Å². The molecule has 1 aromatic carbocycles. The maximum atomic E-state index is 12.2. The fourth-order valence-corrected chi connectivity index (χ4v) is 3.09. The number of hydrogen-bond donors (Lipinski definition) is 2. The van der Waals surface area contributed by atoms with Gasteiger partial charge in [0.1, 0.15) is 6.04 Å². The predicted octanol–water partition coefficient (Wildman–Crippen LogP) is 0.863. The number of amides is 2. The van der Waals surface area contributed by atoms with E-state index in [-0.39, 0.29) is 12.2 Å². The molecule has 0 radical (unpaired) electrons. The van der Waals surface area contributed by atoms with E-state index >= 15 is 0 Å². The standard InChI is InChI=1S/C16H17N3O3S/c17-15(20)14(19-16(21)12-5-4-9-18-11-12)8-10-23(22)13-6-2-1-3-7-13/h1-7,9,11,14H,8,10H2,(H2,17,20)(H,19,21)/t14-,23+/m1/s1. The van der Waals surface area contributed by atoms with Crippen molar-refractivity contribution in [2.75, 3.05) is 5.75 Å². The van der Waals surface area contributed by atoms with Crippen molar-refractivity contribution in [2.45, 2.75) is 17.4 Å². The van der Waals surface area contributed by atoms with Crippen molar-refractivity contribution in [3.05, 3.63) is 60.4 Å². The van der Waals surface area contributed by atoms with Gasteiger partial charge in [0.25, 0.3) is 5.91 Å². The third-order valence-electron chi connectivity index (χ3n) is 3.17. The SMILES string of the molecule is NC(=O)[C@@H](CC[S@](=O)c1ccccc1)NC(=O)c1cccnc1. The summed E-state index contributed by atoms with van der Waals surface area (Å²) in [5.41, 5.74) is 5.66. The average molecular weight is 331 g/mol. The summed E-state index contributed by atoms with van der Waals surface area (Å²) in [6.07, 6.45) is 3.14. The minimum Gasteiger partial charge on any atom is -0.368 e. The lowest BCUT2D eigenvalue weighted by molar-refractivity contribution is -0.119. The van der Waals surface area contributed by atoms with Gasteiger partial charge in [-0.2, -0.15) is 0 Å². The Kier molecular flexibility index (Phi) is 5.99. The van der Waals surface area contributed by atoms with E-state index in [0.29, 0.717) is 10.5 Å². The lowest BCUT2D eigenvalue weighted by Gasteiger charge is -2.15. The molecule has 2 amide bonds. The predicted molar refractivity (Wildman–Crippen MR) is 87.0 cm³/mol. The number of carbonyl (C=O) groups excluding carboxylic acids is 2. The van der Waals surface area contributed by atoms with Crippen LogP contribution >= 0.6 is 0 Å². The van der Waals surface area contributed by atoms with E-state index in [4.69, 9.17) is 5.73 Å². The summed E-state index contributed by atoms with van der Waals surface area (Å²) in [6, 6.07) is 11.3. The number of nitrogens with zero attached hydrogens (tertiary/aromatic N) is 1. The highest BCUT2D eigenvalue weighted by molar-refractivity contribution is 7.85. The second-order valence-electron chi connectivity index (χ2n) is 4.82. The van der Waals surface area contributed by atoms with Crippen molar-refractivity contribution in [2.24, 2.45) is 5.73 Å². The number of hydrogen-bond acceptors (Lipinski definition) is 4. The first-order valence-corrected chi connectivity index (χ1v) is 8.33. The molecule has 0 aliphatic carbocycles. The van der Waals surface area contributed by atoms with Gasteiger partial charge in [0.05, 0.1) is 16.4 Å². The molecule has 0 aliphatic rings. The number of nitrogens with two attached hydrogens (primary N) is 1. The van der Waals surface area contributed by atoms with Crippen LogP contribution in [0, 0.1) is 0 Å². The quantitative estimate of drug-likeness (QED) is 0.785. The van der Waals surface area contributed by atoms with Gasteiger partial charge in [-0.05, 0) is 30.7 Å². The number of nitrogens with one attached hydrogen (secondary N) is 1. The Labute approximate surface area is 136 Å². The van der Waals surface area contributed by atoms with Gasteiger partial charge in [0.2, 0.25) is 5.91 Å². The number of aromatic nitrogens is 1. The lowest BCUT2D eigenvalue weighted by atomic mass is 10.2. The number of carbonyl (C=O) groups is 2.